The van der Waals surface area contributed by atoms with Gasteiger partial charge in [0.25, 0.3) is 0 Å². The van der Waals surface area contributed by atoms with Crippen molar-refractivity contribution in [3.8, 4) is 0 Å². The third-order valence-electron chi connectivity index (χ3n) is 2.61. The second kappa shape index (κ2) is 7.24. The molecule has 1 rings (SSSR count). The van der Waals surface area contributed by atoms with Gasteiger partial charge in [-0.3, -0.25) is 0 Å². The molecule has 16 heavy (non-hydrogen) atoms. The molecule has 0 spiro atoms. The fourth-order valence-electron chi connectivity index (χ4n) is 1.83. The molecule has 1 aliphatic rings. The highest BCUT2D eigenvalue weighted by Gasteiger charge is 2.42. The molecular formula is C10H20BNO4. The molecule has 0 unspecified atom stereocenters. The van der Waals surface area contributed by atoms with Crippen LogP contribution in [0.1, 0.15) is 6.42 Å². The van der Waals surface area contributed by atoms with E-state index in [9.17, 15) is 0 Å². The van der Waals surface area contributed by atoms with Crippen LogP contribution in [0, 0.1) is 0 Å². The SMILES string of the molecule is [B][C@@H]1O[C@H](COC)[C@@H](OCCCN)[C@H]1OC. The molecular weight excluding hydrogens is 209 g/mol. The fourth-order valence-corrected chi connectivity index (χ4v) is 1.83. The van der Waals surface area contributed by atoms with Gasteiger partial charge in [-0.05, 0) is 13.0 Å². The van der Waals surface area contributed by atoms with E-state index in [1.54, 1.807) is 14.2 Å². The number of hydrogen-bond acceptors (Lipinski definition) is 5. The van der Waals surface area contributed by atoms with Crippen molar-refractivity contribution in [1.82, 2.24) is 0 Å². The van der Waals surface area contributed by atoms with E-state index in [0.717, 1.165) is 6.42 Å². The molecule has 0 aromatic heterocycles. The first-order valence-corrected chi connectivity index (χ1v) is 5.49. The summed E-state index contributed by atoms with van der Waals surface area (Å²) >= 11 is 0. The monoisotopic (exact) mass is 229 g/mol. The van der Waals surface area contributed by atoms with Crippen LogP contribution in [0.2, 0.25) is 0 Å². The largest absolute Gasteiger partial charge is 0.382 e. The third kappa shape index (κ3) is 3.43. The Hall–Kier alpha value is -0.135. The Bertz CT molecular complexity index is 196. The molecule has 1 heterocycles. The second-order valence-electron chi connectivity index (χ2n) is 3.77. The number of methoxy groups -OCH3 is 2. The lowest BCUT2D eigenvalue weighted by Crippen LogP contribution is -2.38. The van der Waals surface area contributed by atoms with E-state index in [1.165, 1.54) is 0 Å². The zero-order valence-corrected chi connectivity index (χ0v) is 9.93. The molecule has 0 bridgehead atoms. The summed E-state index contributed by atoms with van der Waals surface area (Å²) < 4.78 is 21.6. The molecule has 0 aromatic rings. The summed E-state index contributed by atoms with van der Waals surface area (Å²) in [6.07, 6.45) is 0.189. The Morgan fingerprint density at radius 1 is 1.31 bits per heavy atom. The summed E-state index contributed by atoms with van der Waals surface area (Å²) in [5.41, 5.74) is 5.41. The summed E-state index contributed by atoms with van der Waals surface area (Å²) in [4.78, 5) is 0. The quantitative estimate of drug-likeness (QED) is 0.461. The second-order valence-corrected chi connectivity index (χ2v) is 3.77. The van der Waals surface area contributed by atoms with E-state index in [4.69, 9.17) is 32.5 Å². The Balaban J connectivity index is 2.49. The zero-order valence-electron chi connectivity index (χ0n) is 9.93. The van der Waals surface area contributed by atoms with Gasteiger partial charge in [-0.1, -0.05) is 0 Å². The van der Waals surface area contributed by atoms with Gasteiger partial charge in [-0.25, -0.2) is 0 Å². The molecule has 4 atom stereocenters. The van der Waals surface area contributed by atoms with Gasteiger partial charge in [0.2, 0.25) is 0 Å². The van der Waals surface area contributed by atoms with Crippen LogP contribution in [0.5, 0.6) is 0 Å². The van der Waals surface area contributed by atoms with Crippen molar-refractivity contribution in [3.63, 3.8) is 0 Å². The average molecular weight is 229 g/mol. The average Bonchev–Trinajstić information content (AvgIpc) is 2.56. The summed E-state index contributed by atoms with van der Waals surface area (Å²) in [6, 6.07) is -0.465. The van der Waals surface area contributed by atoms with Crippen LogP contribution in [0.25, 0.3) is 0 Å². The molecule has 2 N–H and O–H groups in total. The van der Waals surface area contributed by atoms with E-state index in [1.807, 2.05) is 0 Å². The highest BCUT2D eigenvalue weighted by atomic mass is 16.6. The minimum absolute atomic E-state index is 0.178. The summed E-state index contributed by atoms with van der Waals surface area (Å²) in [6.45, 7) is 1.63. The van der Waals surface area contributed by atoms with Crippen LogP contribution in [0.4, 0.5) is 0 Å². The van der Waals surface area contributed by atoms with Crippen molar-refractivity contribution in [2.24, 2.45) is 5.73 Å². The van der Waals surface area contributed by atoms with E-state index < -0.39 is 6.00 Å². The van der Waals surface area contributed by atoms with Gasteiger partial charge in [0, 0.05) is 26.8 Å². The van der Waals surface area contributed by atoms with Gasteiger partial charge in [-0.15, -0.1) is 0 Å². The zero-order chi connectivity index (χ0) is 12.0. The van der Waals surface area contributed by atoms with Crippen molar-refractivity contribution in [2.75, 3.05) is 34.0 Å². The smallest absolute Gasteiger partial charge is 0.114 e. The van der Waals surface area contributed by atoms with Crippen molar-refractivity contribution in [2.45, 2.75) is 30.7 Å². The Morgan fingerprint density at radius 2 is 2.06 bits per heavy atom. The summed E-state index contributed by atoms with van der Waals surface area (Å²) in [7, 11) is 9.01. The molecule has 0 aliphatic carbocycles. The minimum atomic E-state index is -0.465. The van der Waals surface area contributed by atoms with Crippen molar-refractivity contribution >= 4 is 7.85 Å². The highest BCUT2D eigenvalue weighted by molar-refractivity contribution is 6.11. The molecule has 2 radical (unpaired) electrons. The Kier molecular flexibility index (Phi) is 6.30. The van der Waals surface area contributed by atoms with Crippen LogP contribution < -0.4 is 5.73 Å². The van der Waals surface area contributed by atoms with E-state index in [2.05, 4.69) is 0 Å². The molecule has 0 aromatic carbocycles. The van der Waals surface area contributed by atoms with Gasteiger partial charge < -0.3 is 24.7 Å². The van der Waals surface area contributed by atoms with E-state index in [-0.39, 0.29) is 18.3 Å². The van der Waals surface area contributed by atoms with E-state index >= 15 is 0 Å². The lowest BCUT2D eigenvalue weighted by Gasteiger charge is -2.22. The van der Waals surface area contributed by atoms with Crippen molar-refractivity contribution in [1.29, 1.82) is 0 Å². The van der Waals surface area contributed by atoms with Crippen LogP contribution in [-0.2, 0) is 18.9 Å². The first kappa shape index (κ1) is 13.9. The first-order chi connectivity index (χ1) is 7.74. The van der Waals surface area contributed by atoms with Crippen LogP contribution in [0.15, 0.2) is 0 Å². The Morgan fingerprint density at radius 3 is 2.62 bits per heavy atom. The van der Waals surface area contributed by atoms with Gasteiger partial charge in [0.05, 0.1) is 6.61 Å². The topological polar surface area (TPSA) is 62.9 Å². The number of ether oxygens (including phenoxy) is 4. The molecule has 6 heteroatoms. The van der Waals surface area contributed by atoms with E-state index in [0.29, 0.717) is 19.8 Å². The summed E-state index contributed by atoms with van der Waals surface area (Å²) in [5.74, 6) is 0. The normalized spacial score (nSPS) is 34.4. The highest BCUT2D eigenvalue weighted by Crippen LogP contribution is 2.24. The van der Waals surface area contributed by atoms with Crippen molar-refractivity contribution < 1.29 is 18.9 Å². The van der Waals surface area contributed by atoms with Crippen LogP contribution >= 0.6 is 0 Å². The first-order valence-electron chi connectivity index (χ1n) is 5.49. The molecule has 0 saturated carbocycles. The third-order valence-corrected chi connectivity index (χ3v) is 2.61. The van der Waals surface area contributed by atoms with Gasteiger partial charge in [0.15, 0.2) is 0 Å². The maximum absolute atomic E-state index is 5.80. The fraction of sp³-hybridized carbons (Fsp3) is 1.00. The van der Waals surface area contributed by atoms with Gasteiger partial charge in [-0.2, -0.15) is 0 Å². The molecule has 1 saturated heterocycles. The number of nitrogens with two attached hydrogens (primary N) is 1. The number of rotatable bonds is 7. The lowest BCUT2D eigenvalue weighted by atomic mass is 9.93. The maximum Gasteiger partial charge on any atom is 0.114 e. The molecule has 1 fully saturated rings. The predicted octanol–water partition coefficient (Wildman–Crippen LogP) is -0.725. The molecule has 0 amide bonds. The molecule has 92 valence electrons. The van der Waals surface area contributed by atoms with Crippen LogP contribution in [-0.4, -0.2) is 66.1 Å². The van der Waals surface area contributed by atoms with Crippen LogP contribution in [0.3, 0.4) is 0 Å². The van der Waals surface area contributed by atoms with Gasteiger partial charge in [0.1, 0.15) is 26.2 Å². The predicted molar refractivity (Wildman–Crippen MR) is 60.5 cm³/mol. The maximum atomic E-state index is 5.80. The van der Waals surface area contributed by atoms with Crippen molar-refractivity contribution in [3.05, 3.63) is 0 Å². The number of hydrogen-bond donors (Lipinski definition) is 1. The molecule has 5 nitrogen and oxygen atoms in total. The molecule has 1 aliphatic heterocycles. The lowest BCUT2D eigenvalue weighted by molar-refractivity contribution is -0.0661. The standard InChI is InChI=1S/C10H20BNO4/c1-13-6-7-8(15-5-3-4-12)9(14-2)10(11)16-7/h7-10H,3-6,12H2,1-2H3/t7-,8-,9-,10-/m1/s1. The van der Waals surface area contributed by atoms with Gasteiger partial charge >= 0.3 is 0 Å². The minimum Gasteiger partial charge on any atom is -0.382 e. The Labute approximate surface area is 98.0 Å². The summed E-state index contributed by atoms with van der Waals surface area (Å²) in [5, 5.41) is 0.